The van der Waals surface area contributed by atoms with Crippen LogP contribution in [0.2, 0.25) is 0 Å². The summed E-state index contributed by atoms with van der Waals surface area (Å²) in [6.45, 7) is 1.30. The highest BCUT2D eigenvalue weighted by molar-refractivity contribution is 5.95. The molecule has 166 valence electrons. The maximum atomic E-state index is 12.7. The zero-order valence-corrected chi connectivity index (χ0v) is 17.8. The zero-order valence-electron chi connectivity index (χ0n) is 17.8. The van der Waals surface area contributed by atoms with E-state index in [1.165, 1.54) is 6.07 Å². The molecule has 0 unspecified atom stereocenters. The summed E-state index contributed by atoms with van der Waals surface area (Å²) in [5.41, 5.74) is 3.24. The van der Waals surface area contributed by atoms with Gasteiger partial charge in [-0.3, -0.25) is 5.32 Å². The first kappa shape index (κ1) is 21.6. The number of nitriles is 1. The van der Waals surface area contributed by atoms with Gasteiger partial charge in [0.15, 0.2) is 0 Å². The molecule has 1 aliphatic carbocycles. The largest absolute Gasteiger partial charge is 0.447 e. The van der Waals surface area contributed by atoms with Crippen LogP contribution in [0.4, 0.5) is 19.3 Å². The molecule has 1 fully saturated rings. The number of alkyl halides is 2. The molecule has 3 aromatic rings. The third-order valence-corrected chi connectivity index (χ3v) is 5.26. The van der Waals surface area contributed by atoms with Crippen molar-refractivity contribution >= 4 is 22.7 Å². The van der Waals surface area contributed by atoms with Crippen molar-refractivity contribution in [3.05, 3.63) is 48.0 Å². The van der Waals surface area contributed by atoms with Gasteiger partial charge in [0.1, 0.15) is 11.8 Å². The van der Waals surface area contributed by atoms with Gasteiger partial charge in [0.2, 0.25) is 0 Å². The Hall–Kier alpha value is -3.60. The summed E-state index contributed by atoms with van der Waals surface area (Å²) in [6, 6.07) is 14.1. The quantitative estimate of drug-likeness (QED) is 0.479. The number of anilines is 1. The van der Waals surface area contributed by atoms with E-state index in [0.717, 1.165) is 24.1 Å². The van der Waals surface area contributed by atoms with Crippen LogP contribution in [0, 0.1) is 17.2 Å². The summed E-state index contributed by atoms with van der Waals surface area (Å²) in [7, 11) is 0. The van der Waals surface area contributed by atoms with Gasteiger partial charge < -0.3 is 14.0 Å². The Bertz CT molecular complexity index is 1180. The minimum absolute atomic E-state index is 0.0568. The van der Waals surface area contributed by atoms with Crippen molar-refractivity contribution in [1.29, 1.82) is 5.26 Å². The van der Waals surface area contributed by atoms with E-state index in [9.17, 15) is 18.8 Å². The van der Waals surface area contributed by atoms with Crippen molar-refractivity contribution in [3.8, 4) is 23.1 Å². The SMILES string of the molecule is CC(C)OC(=O)Nc1ccc(-c2c(C#N)c3ccc(OC(F)F)cc3n2CC2CC2)cc1. The van der Waals surface area contributed by atoms with Gasteiger partial charge >= 0.3 is 12.7 Å². The average Bonchev–Trinajstić information content (AvgIpc) is 3.49. The molecule has 2 aromatic carbocycles. The molecule has 0 spiro atoms. The monoisotopic (exact) mass is 439 g/mol. The summed E-state index contributed by atoms with van der Waals surface area (Å²) >= 11 is 0. The number of amides is 1. The van der Waals surface area contributed by atoms with Crippen LogP contribution in [0.3, 0.4) is 0 Å². The van der Waals surface area contributed by atoms with Gasteiger partial charge in [-0.2, -0.15) is 14.0 Å². The lowest BCUT2D eigenvalue weighted by atomic mass is 10.1. The molecule has 1 N–H and O–H groups in total. The predicted molar refractivity (Wildman–Crippen MR) is 117 cm³/mol. The molecule has 8 heteroatoms. The number of hydrogen-bond acceptors (Lipinski definition) is 4. The number of benzene rings is 2. The topological polar surface area (TPSA) is 76.3 Å². The molecule has 0 radical (unpaired) electrons. The van der Waals surface area contributed by atoms with E-state index < -0.39 is 12.7 Å². The molecule has 4 rings (SSSR count). The van der Waals surface area contributed by atoms with Crippen LogP contribution in [0.15, 0.2) is 42.5 Å². The molecule has 1 amide bonds. The predicted octanol–water partition coefficient (Wildman–Crippen LogP) is 6.15. The second-order valence-electron chi connectivity index (χ2n) is 8.10. The van der Waals surface area contributed by atoms with Crippen LogP contribution in [0.25, 0.3) is 22.2 Å². The summed E-state index contributed by atoms with van der Waals surface area (Å²) in [5.74, 6) is 0.545. The molecular weight excluding hydrogens is 416 g/mol. The number of aromatic nitrogens is 1. The van der Waals surface area contributed by atoms with E-state index in [1.807, 2.05) is 16.7 Å². The highest BCUT2D eigenvalue weighted by Crippen LogP contribution is 2.39. The molecule has 0 saturated heterocycles. The summed E-state index contributed by atoms with van der Waals surface area (Å²) in [5, 5.41) is 13.3. The molecule has 0 aliphatic heterocycles. The van der Waals surface area contributed by atoms with Crippen LogP contribution in [-0.2, 0) is 11.3 Å². The Kier molecular flexibility index (Phi) is 5.99. The number of halogens is 2. The lowest BCUT2D eigenvalue weighted by Crippen LogP contribution is -2.17. The van der Waals surface area contributed by atoms with Crippen molar-refractivity contribution in [2.75, 3.05) is 5.32 Å². The first-order valence-electron chi connectivity index (χ1n) is 10.4. The standard InChI is InChI=1S/C24H23F2N3O3/c1-14(2)31-24(30)28-17-7-5-16(6-8-17)22-20(12-27)19-10-9-18(32-23(25)26)11-21(19)29(22)13-15-3-4-15/h5-11,14-15,23H,3-4,13H2,1-2H3,(H,28,30). The smallest absolute Gasteiger partial charge is 0.411 e. The lowest BCUT2D eigenvalue weighted by Gasteiger charge is -2.13. The fourth-order valence-corrected chi connectivity index (χ4v) is 3.74. The highest BCUT2D eigenvalue weighted by Gasteiger charge is 2.27. The van der Waals surface area contributed by atoms with Crippen molar-refractivity contribution in [2.24, 2.45) is 5.92 Å². The van der Waals surface area contributed by atoms with Crippen LogP contribution >= 0.6 is 0 Å². The minimum atomic E-state index is -2.92. The maximum absolute atomic E-state index is 12.7. The van der Waals surface area contributed by atoms with Crippen molar-refractivity contribution in [3.63, 3.8) is 0 Å². The van der Waals surface area contributed by atoms with Gasteiger partial charge in [-0.05, 0) is 62.4 Å². The van der Waals surface area contributed by atoms with Crippen molar-refractivity contribution < 1.29 is 23.0 Å². The van der Waals surface area contributed by atoms with E-state index in [0.29, 0.717) is 34.6 Å². The third kappa shape index (κ3) is 4.67. The zero-order chi connectivity index (χ0) is 22.8. The van der Waals surface area contributed by atoms with Gasteiger partial charge in [0.05, 0.1) is 22.9 Å². The van der Waals surface area contributed by atoms with Gasteiger partial charge in [0, 0.05) is 23.7 Å². The first-order chi connectivity index (χ1) is 15.4. The minimum Gasteiger partial charge on any atom is -0.447 e. The van der Waals surface area contributed by atoms with Gasteiger partial charge in [-0.15, -0.1) is 0 Å². The van der Waals surface area contributed by atoms with E-state index in [2.05, 4.69) is 16.1 Å². The molecule has 1 aromatic heterocycles. The van der Waals surface area contributed by atoms with Gasteiger partial charge in [-0.25, -0.2) is 4.79 Å². The highest BCUT2D eigenvalue weighted by atomic mass is 19.3. The van der Waals surface area contributed by atoms with Crippen molar-refractivity contribution in [2.45, 2.75) is 45.9 Å². The molecule has 1 heterocycles. The number of rotatable bonds is 7. The number of fused-ring (bicyclic) bond motifs is 1. The Morgan fingerprint density at radius 3 is 2.53 bits per heavy atom. The fraction of sp³-hybridized carbons (Fsp3) is 0.333. The lowest BCUT2D eigenvalue weighted by molar-refractivity contribution is -0.0497. The second kappa shape index (κ2) is 8.87. The number of hydrogen-bond donors (Lipinski definition) is 1. The Labute approximate surface area is 184 Å². The molecule has 1 aliphatic rings. The van der Waals surface area contributed by atoms with E-state index in [4.69, 9.17) is 4.74 Å². The van der Waals surface area contributed by atoms with Gasteiger partial charge in [0.25, 0.3) is 0 Å². The Morgan fingerprint density at radius 1 is 1.22 bits per heavy atom. The number of carbonyl (C=O) groups is 1. The molecule has 0 bridgehead atoms. The van der Waals surface area contributed by atoms with Crippen LogP contribution in [-0.4, -0.2) is 23.4 Å². The van der Waals surface area contributed by atoms with E-state index in [-0.39, 0.29) is 11.9 Å². The third-order valence-electron chi connectivity index (χ3n) is 5.26. The normalized spacial score (nSPS) is 13.4. The summed E-state index contributed by atoms with van der Waals surface area (Å²) in [4.78, 5) is 11.8. The van der Waals surface area contributed by atoms with Gasteiger partial charge in [-0.1, -0.05) is 12.1 Å². The molecule has 0 atom stereocenters. The summed E-state index contributed by atoms with van der Waals surface area (Å²) in [6.07, 6.45) is 1.41. The molecule has 32 heavy (non-hydrogen) atoms. The fourth-order valence-electron chi connectivity index (χ4n) is 3.74. The molecule has 1 saturated carbocycles. The van der Waals surface area contributed by atoms with Crippen LogP contribution in [0.5, 0.6) is 5.75 Å². The Balaban J connectivity index is 1.75. The van der Waals surface area contributed by atoms with Crippen molar-refractivity contribution in [1.82, 2.24) is 4.57 Å². The summed E-state index contributed by atoms with van der Waals surface area (Å²) < 4.78 is 37.2. The second-order valence-corrected chi connectivity index (χ2v) is 8.10. The number of carbonyl (C=O) groups excluding carboxylic acids is 1. The molecular formula is C24H23F2N3O3. The maximum Gasteiger partial charge on any atom is 0.411 e. The first-order valence-corrected chi connectivity index (χ1v) is 10.4. The Morgan fingerprint density at radius 2 is 1.94 bits per heavy atom. The van der Waals surface area contributed by atoms with E-state index >= 15 is 0 Å². The number of ether oxygens (including phenoxy) is 2. The number of nitrogens with one attached hydrogen (secondary N) is 1. The van der Waals surface area contributed by atoms with Crippen LogP contribution < -0.4 is 10.1 Å². The average molecular weight is 439 g/mol. The number of nitrogens with zero attached hydrogens (tertiary/aromatic N) is 2. The van der Waals surface area contributed by atoms with Crippen LogP contribution in [0.1, 0.15) is 32.3 Å². The molecule has 6 nitrogen and oxygen atoms in total. The van der Waals surface area contributed by atoms with E-state index in [1.54, 1.807) is 38.1 Å².